The summed E-state index contributed by atoms with van der Waals surface area (Å²) < 4.78 is 0. The zero-order valence-electron chi connectivity index (χ0n) is 8.79. The van der Waals surface area contributed by atoms with E-state index in [0.29, 0.717) is 5.56 Å². The van der Waals surface area contributed by atoms with Gasteiger partial charge >= 0.3 is 5.97 Å². The van der Waals surface area contributed by atoms with E-state index in [1.54, 1.807) is 30.3 Å². The fraction of sp³-hybridized carbons (Fsp3) is 0.0833. The van der Waals surface area contributed by atoms with Crippen LogP contribution in [0.4, 0.5) is 0 Å². The van der Waals surface area contributed by atoms with Crippen LogP contribution < -0.4 is 0 Å². The maximum Gasteiger partial charge on any atom is 0.365 e. The number of allylic oxidation sites excluding steroid dienone is 2. The maximum absolute atomic E-state index is 11.3. The molecule has 1 aromatic carbocycles. The predicted molar refractivity (Wildman–Crippen MR) is 60.2 cm³/mol. The molecule has 0 fully saturated rings. The summed E-state index contributed by atoms with van der Waals surface area (Å²) in [6, 6.07) is 8.52. The fourth-order valence-electron chi connectivity index (χ4n) is 0.919. The zero-order chi connectivity index (χ0) is 11.8. The van der Waals surface area contributed by atoms with Gasteiger partial charge in [0.05, 0.1) is 11.8 Å². The van der Waals surface area contributed by atoms with Crippen molar-refractivity contribution in [2.24, 2.45) is 5.16 Å². The molecule has 0 aliphatic rings. The van der Waals surface area contributed by atoms with Crippen molar-refractivity contribution >= 4 is 18.0 Å². The predicted octanol–water partition coefficient (Wildman–Crippen LogP) is 1.97. The van der Waals surface area contributed by atoms with Crippen molar-refractivity contribution in [2.45, 2.75) is 6.92 Å². The fourth-order valence-corrected chi connectivity index (χ4v) is 0.919. The second-order valence-electron chi connectivity index (χ2n) is 2.97. The highest BCUT2D eigenvalue weighted by Crippen LogP contribution is 2.00. The van der Waals surface area contributed by atoms with Gasteiger partial charge in [-0.3, -0.25) is 4.79 Å². The molecular formula is C12H11NO3. The Morgan fingerprint density at radius 1 is 1.25 bits per heavy atom. The minimum Gasteiger partial charge on any atom is -0.313 e. The first-order chi connectivity index (χ1) is 7.70. The van der Waals surface area contributed by atoms with Gasteiger partial charge in [-0.25, -0.2) is 4.79 Å². The van der Waals surface area contributed by atoms with Crippen LogP contribution in [0.3, 0.4) is 0 Å². The van der Waals surface area contributed by atoms with Gasteiger partial charge in [0.25, 0.3) is 0 Å². The lowest BCUT2D eigenvalue weighted by molar-refractivity contribution is -0.112. The Morgan fingerprint density at radius 3 is 2.56 bits per heavy atom. The Morgan fingerprint density at radius 2 is 1.94 bits per heavy atom. The third-order valence-corrected chi connectivity index (χ3v) is 1.62. The van der Waals surface area contributed by atoms with Crippen LogP contribution in [0.1, 0.15) is 17.3 Å². The molecular weight excluding hydrogens is 206 g/mol. The van der Waals surface area contributed by atoms with E-state index in [4.69, 9.17) is 0 Å². The number of benzene rings is 1. The average molecular weight is 217 g/mol. The van der Waals surface area contributed by atoms with Crippen molar-refractivity contribution in [1.82, 2.24) is 0 Å². The van der Waals surface area contributed by atoms with E-state index in [-0.39, 0.29) is 5.78 Å². The second-order valence-corrected chi connectivity index (χ2v) is 2.97. The molecule has 1 rings (SSSR count). The maximum atomic E-state index is 11.3. The number of ketones is 1. The Labute approximate surface area is 93.2 Å². The largest absolute Gasteiger partial charge is 0.365 e. The van der Waals surface area contributed by atoms with E-state index in [2.05, 4.69) is 9.99 Å². The Bertz CT molecular complexity index is 421. The van der Waals surface area contributed by atoms with Gasteiger partial charge < -0.3 is 4.84 Å². The number of carbonyl (C=O) groups excluding carboxylic acids is 2. The average Bonchev–Trinajstić information content (AvgIpc) is 2.29. The van der Waals surface area contributed by atoms with Crippen LogP contribution in [0.25, 0.3) is 0 Å². The first-order valence-electron chi connectivity index (χ1n) is 4.67. The minimum atomic E-state index is -0.534. The van der Waals surface area contributed by atoms with Crippen LogP contribution in [0.5, 0.6) is 0 Å². The number of hydrogen-bond donors (Lipinski definition) is 0. The summed E-state index contributed by atoms with van der Waals surface area (Å²) in [6.45, 7) is 1.42. The molecule has 0 spiro atoms. The molecule has 1 aromatic rings. The molecule has 82 valence electrons. The molecule has 0 heterocycles. The molecule has 4 heteroatoms. The van der Waals surface area contributed by atoms with E-state index < -0.39 is 5.97 Å². The van der Waals surface area contributed by atoms with Gasteiger partial charge in [0.1, 0.15) is 0 Å². The Kier molecular flexibility index (Phi) is 4.66. The van der Waals surface area contributed by atoms with Gasteiger partial charge in [0, 0.05) is 0 Å². The molecule has 0 amide bonds. The van der Waals surface area contributed by atoms with Gasteiger partial charge in [0.2, 0.25) is 0 Å². The number of carbonyl (C=O) groups is 2. The molecule has 16 heavy (non-hydrogen) atoms. The van der Waals surface area contributed by atoms with Gasteiger partial charge in [-0.15, -0.1) is 0 Å². The van der Waals surface area contributed by atoms with Crippen LogP contribution in [0.2, 0.25) is 0 Å². The molecule has 0 aliphatic heterocycles. The summed E-state index contributed by atoms with van der Waals surface area (Å²) in [5.74, 6) is -0.631. The smallest absolute Gasteiger partial charge is 0.313 e. The summed E-state index contributed by atoms with van der Waals surface area (Å²) in [5.41, 5.74) is 0.426. The van der Waals surface area contributed by atoms with Crippen LogP contribution >= 0.6 is 0 Å². The van der Waals surface area contributed by atoms with Gasteiger partial charge in [-0.1, -0.05) is 23.4 Å². The van der Waals surface area contributed by atoms with Crippen molar-refractivity contribution in [3.8, 4) is 0 Å². The van der Waals surface area contributed by atoms with Crippen molar-refractivity contribution in [2.75, 3.05) is 0 Å². The minimum absolute atomic E-state index is 0.0964. The van der Waals surface area contributed by atoms with E-state index in [1.807, 2.05) is 0 Å². The van der Waals surface area contributed by atoms with Crippen molar-refractivity contribution in [1.29, 1.82) is 0 Å². The topological polar surface area (TPSA) is 55.7 Å². The summed E-state index contributed by atoms with van der Waals surface area (Å²) in [4.78, 5) is 26.4. The highest BCUT2D eigenvalue weighted by molar-refractivity contribution is 5.92. The number of hydrogen-bond acceptors (Lipinski definition) is 4. The number of oxime groups is 1. The molecule has 0 bridgehead atoms. The summed E-state index contributed by atoms with van der Waals surface area (Å²) >= 11 is 0. The zero-order valence-corrected chi connectivity index (χ0v) is 8.79. The molecule has 0 N–H and O–H groups in total. The molecule has 0 radical (unpaired) electrons. The summed E-state index contributed by atoms with van der Waals surface area (Å²) in [6.07, 6.45) is 3.96. The lowest BCUT2D eigenvalue weighted by Crippen LogP contribution is -1.99. The molecule has 0 saturated carbocycles. The SMILES string of the molecule is CC(=O)/C=C/C=N/OC(=O)c1ccccc1. The third kappa shape index (κ3) is 4.32. The first kappa shape index (κ1) is 11.8. The molecule has 0 aliphatic carbocycles. The normalized spacial score (nSPS) is 10.8. The molecule has 0 saturated heterocycles. The number of nitrogens with zero attached hydrogens (tertiary/aromatic N) is 1. The van der Waals surface area contributed by atoms with Crippen LogP contribution in [0.15, 0.2) is 47.6 Å². The monoisotopic (exact) mass is 217 g/mol. The second kappa shape index (κ2) is 6.29. The standard InChI is InChI=1S/C12H11NO3/c1-10(14)6-5-9-13-16-12(15)11-7-3-2-4-8-11/h2-9H,1H3/b6-5+,13-9+. The first-order valence-corrected chi connectivity index (χ1v) is 4.67. The summed E-state index contributed by atoms with van der Waals surface area (Å²) in [7, 11) is 0. The lowest BCUT2D eigenvalue weighted by Gasteiger charge is -1.95. The molecule has 0 atom stereocenters. The van der Waals surface area contributed by atoms with Crippen molar-refractivity contribution in [3.63, 3.8) is 0 Å². The van der Waals surface area contributed by atoms with E-state index in [1.165, 1.54) is 25.3 Å². The Balaban J connectivity index is 2.45. The van der Waals surface area contributed by atoms with E-state index >= 15 is 0 Å². The van der Waals surface area contributed by atoms with Crippen LogP contribution in [-0.4, -0.2) is 18.0 Å². The van der Waals surface area contributed by atoms with Gasteiger partial charge in [-0.05, 0) is 31.2 Å². The van der Waals surface area contributed by atoms with Gasteiger partial charge in [0.15, 0.2) is 5.78 Å². The van der Waals surface area contributed by atoms with Crippen molar-refractivity contribution in [3.05, 3.63) is 48.0 Å². The lowest BCUT2D eigenvalue weighted by atomic mass is 10.2. The Hall–Kier alpha value is -2.23. The molecule has 0 aromatic heterocycles. The highest BCUT2D eigenvalue weighted by atomic mass is 16.7. The highest BCUT2D eigenvalue weighted by Gasteiger charge is 2.03. The van der Waals surface area contributed by atoms with E-state index in [0.717, 1.165) is 0 Å². The van der Waals surface area contributed by atoms with Crippen LogP contribution in [-0.2, 0) is 9.63 Å². The summed E-state index contributed by atoms with van der Waals surface area (Å²) in [5, 5.41) is 3.41. The molecule has 4 nitrogen and oxygen atoms in total. The third-order valence-electron chi connectivity index (χ3n) is 1.62. The van der Waals surface area contributed by atoms with E-state index in [9.17, 15) is 9.59 Å². The van der Waals surface area contributed by atoms with Crippen LogP contribution in [0, 0.1) is 0 Å². The quantitative estimate of drug-likeness (QED) is 0.335. The number of rotatable bonds is 4. The van der Waals surface area contributed by atoms with Crippen molar-refractivity contribution < 1.29 is 14.4 Å². The van der Waals surface area contributed by atoms with Gasteiger partial charge in [-0.2, -0.15) is 0 Å². The molecule has 0 unspecified atom stereocenters.